The topological polar surface area (TPSA) is 53.6 Å². The monoisotopic (exact) mass is 317 g/mol. The fourth-order valence-electron chi connectivity index (χ4n) is 2.06. The maximum atomic E-state index is 11.7. The van der Waals surface area contributed by atoms with Crippen molar-refractivity contribution >= 4 is 29.0 Å². The molecule has 0 radical (unpaired) electrons. The molecular weight excluding hydrogens is 298 g/mol. The van der Waals surface area contributed by atoms with Crippen molar-refractivity contribution < 1.29 is 9.53 Å². The van der Waals surface area contributed by atoms with Crippen LogP contribution in [0.1, 0.15) is 11.8 Å². The Labute approximate surface area is 128 Å². The third kappa shape index (κ3) is 4.94. The number of urea groups is 1. The third-order valence-electron chi connectivity index (χ3n) is 3.28. The summed E-state index contributed by atoms with van der Waals surface area (Å²) in [6.45, 7) is 6.67. The number of carbonyl (C=O) groups excluding carboxylic acids is 1. The van der Waals surface area contributed by atoms with Crippen molar-refractivity contribution in [3.05, 3.63) is 21.3 Å². The highest BCUT2D eigenvalue weighted by Crippen LogP contribution is 2.20. The summed E-state index contributed by atoms with van der Waals surface area (Å²) < 4.78 is 6.05. The molecule has 5 nitrogen and oxygen atoms in total. The average Bonchev–Trinajstić information content (AvgIpc) is 2.89. The lowest BCUT2D eigenvalue weighted by molar-refractivity contribution is 0.0209. The number of thiophene rings is 1. The van der Waals surface area contributed by atoms with Crippen LogP contribution >= 0.6 is 22.9 Å². The minimum atomic E-state index is -0.144. The fourth-order valence-corrected chi connectivity index (χ4v) is 3.09. The molecule has 1 aliphatic rings. The van der Waals surface area contributed by atoms with Gasteiger partial charge in [0, 0.05) is 30.6 Å². The van der Waals surface area contributed by atoms with E-state index in [1.54, 1.807) is 0 Å². The summed E-state index contributed by atoms with van der Waals surface area (Å²) in [6, 6.07) is 3.93. The fraction of sp³-hybridized carbons (Fsp3) is 0.615. The van der Waals surface area contributed by atoms with Gasteiger partial charge in [-0.2, -0.15) is 0 Å². The highest BCUT2D eigenvalue weighted by Gasteiger charge is 2.17. The molecule has 1 atom stereocenters. The van der Waals surface area contributed by atoms with Gasteiger partial charge in [0.15, 0.2) is 0 Å². The second-order valence-electron chi connectivity index (χ2n) is 4.77. The number of carbonyl (C=O) groups is 1. The zero-order valence-corrected chi connectivity index (χ0v) is 13.1. The molecule has 0 aromatic carbocycles. The summed E-state index contributed by atoms with van der Waals surface area (Å²) in [4.78, 5) is 15.1. The van der Waals surface area contributed by atoms with Crippen molar-refractivity contribution in [2.24, 2.45) is 0 Å². The van der Waals surface area contributed by atoms with Crippen molar-refractivity contribution in [3.63, 3.8) is 0 Å². The van der Waals surface area contributed by atoms with Crippen molar-refractivity contribution in [1.82, 2.24) is 15.5 Å². The Morgan fingerprint density at radius 1 is 1.45 bits per heavy atom. The second-order valence-corrected chi connectivity index (χ2v) is 6.57. The minimum Gasteiger partial charge on any atom is -0.379 e. The number of halogens is 1. The molecule has 2 N–H and O–H groups in total. The van der Waals surface area contributed by atoms with Crippen LogP contribution in [0.25, 0.3) is 0 Å². The van der Waals surface area contributed by atoms with E-state index in [9.17, 15) is 4.79 Å². The first kappa shape index (κ1) is 15.6. The quantitative estimate of drug-likeness (QED) is 0.872. The summed E-state index contributed by atoms with van der Waals surface area (Å²) in [5, 5.41) is 5.72. The largest absolute Gasteiger partial charge is 0.379 e. The van der Waals surface area contributed by atoms with Gasteiger partial charge in [-0.05, 0) is 19.1 Å². The number of rotatable bonds is 5. The van der Waals surface area contributed by atoms with E-state index in [4.69, 9.17) is 16.3 Å². The average molecular weight is 318 g/mol. The van der Waals surface area contributed by atoms with Gasteiger partial charge >= 0.3 is 6.03 Å². The zero-order valence-electron chi connectivity index (χ0n) is 11.5. The predicted octanol–water partition coefficient (Wildman–Crippen LogP) is 1.92. The van der Waals surface area contributed by atoms with E-state index in [0.29, 0.717) is 19.1 Å². The molecule has 7 heteroatoms. The Bertz CT molecular complexity index is 435. The minimum absolute atomic E-state index is 0.144. The van der Waals surface area contributed by atoms with Crippen LogP contribution in [0, 0.1) is 0 Å². The van der Waals surface area contributed by atoms with E-state index in [0.717, 1.165) is 35.5 Å². The molecule has 20 heavy (non-hydrogen) atoms. The Morgan fingerprint density at radius 2 is 2.20 bits per heavy atom. The van der Waals surface area contributed by atoms with Gasteiger partial charge < -0.3 is 15.4 Å². The SMILES string of the molecule is C[C@H](CNC(=O)NCc1ccc(Cl)s1)N1CCOCC1. The van der Waals surface area contributed by atoms with E-state index < -0.39 is 0 Å². The number of morpholine rings is 1. The van der Waals surface area contributed by atoms with Crippen molar-refractivity contribution in [2.45, 2.75) is 19.5 Å². The van der Waals surface area contributed by atoms with Gasteiger partial charge in [0.1, 0.15) is 0 Å². The predicted molar refractivity (Wildman–Crippen MR) is 81.4 cm³/mol. The first-order valence-electron chi connectivity index (χ1n) is 6.73. The highest BCUT2D eigenvalue weighted by molar-refractivity contribution is 7.16. The highest BCUT2D eigenvalue weighted by atomic mass is 35.5. The van der Waals surface area contributed by atoms with E-state index in [1.165, 1.54) is 11.3 Å². The smallest absolute Gasteiger partial charge is 0.315 e. The second kappa shape index (κ2) is 7.83. The van der Waals surface area contributed by atoms with Gasteiger partial charge in [0.2, 0.25) is 0 Å². The van der Waals surface area contributed by atoms with Crippen LogP contribution in [-0.4, -0.2) is 49.8 Å². The van der Waals surface area contributed by atoms with Crippen LogP contribution in [0.5, 0.6) is 0 Å². The standard InChI is InChI=1S/C13H20ClN3O2S/c1-10(17-4-6-19-7-5-17)8-15-13(18)16-9-11-2-3-12(14)20-11/h2-3,10H,4-9H2,1H3,(H2,15,16,18)/t10-/m1/s1. The zero-order chi connectivity index (χ0) is 14.4. The Morgan fingerprint density at radius 3 is 2.85 bits per heavy atom. The van der Waals surface area contributed by atoms with Gasteiger partial charge in [-0.25, -0.2) is 4.79 Å². The summed E-state index contributed by atoms with van der Waals surface area (Å²) in [7, 11) is 0. The summed E-state index contributed by atoms with van der Waals surface area (Å²) in [6.07, 6.45) is 0. The summed E-state index contributed by atoms with van der Waals surface area (Å²) in [5.41, 5.74) is 0. The van der Waals surface area contributed by atoms with Gasteiger partial charge in [-0.1, -0.05) is 11.6 Å². The van der Waals surface area contributed by atoms with Crippen molar-refractivity contribution in [3.8, 4) is 0 Å². The molecule has 1 aliphatic heterocycles. The van der Waals surface area contributed by atoms with Gasteiger partial charge in [0.25, 0.3) is 0 Å². The molecule has 1 aromatic heterocycles. The first-order chi connectivity index (χ1) is 9.65. The van der Waals surface area contributed by atoms with Crippen molar-refractivity contribution in [1.29, 1.82) is 0 Å². The van der Waals surface area contributed by atoms with E-state index in [2.05, 4.69) is 22.5 Å². The number of nitrogens with zero attached hydrogens (tertiary/aromatic N) is 1. The number of nitrogens with one attached hydrogen (secondary N) is 2. The van der Waals surface area contributed by atoms with Crippen LogP contribution in [-0.2, 0) is 11.3 Å². The number of hydrogen-bond donors (Lipinski definition) is 2. The lowest BCUT2D eigenvalue weighted by atomic mass is 10.2. The maximum Gasteiger partial charge on any atom is 0.315 e. The lowest BCUT2D eigenvalue weighted by Gasteiger charge is -2.32. The Kier molecular flexibility index (Phi) is 6.09. The molecule has 2 rings (SSSR count). The third-order valence-corrected chi connectivity index (χ3v) is 4.51. The van der Waals surface area contributed by atoms with Gasteiger partial charge in [-0.3, -0.25) is 4.90 Å². The number of ether oxygens (including phenoxy) is 1. The van der Waals surface area contributed by atoms with Gasteiger partial charge in [0.05, 0.1) is 24.1 Å². The molecule has 112 valence electrons. The van der Waals surface area contributed by atoms with E-state index >= 15 is 0 Å². The van der Waals surface area contributed by atoms with Crippen LogP contribution < -0.4 is 10.6 Å². The Hall–Kier alpha value is -0.820. The molecule has 0 saturated carbocycles. The molecule has 1 saturated heterocycles. The summed E-state index contributed by atoms with van der Waals surface area (Å²) >= 11 is 7.32. The molecule has 2 heterocycles. The van der Waals surface area contributed by atoms with Crippen LogP contribution in [0.15, 0.2) is 12.1 Å². The first-order valence-corrected chi connectivity index (χ1v) is 7.92. The molecule has 1 fully saturated rings. The van der Waals surface area contributed by atoms with Crippen LogP contribution in [0.4, 0.5) is 4.79 Å². The molecular formula is C13H20ClN3O2S. The molecule has 0 bridgehead atoms. The molecule has 0 aliphatic carbocycles. The maximum absolute atomic E-state index is 11.7. The van der Waals surface area contributed by atoms with Crippen LogP contribution in [0.3, 0.4) is 0 Å². The lowest BCUT2D eigenvalue weighted by Crippen LogP contribution is -2.48. The van der Waals surface area contributed by atoms with E-state index in [1.807, 2.05) is 12.1 Å². The Balaban J connectivity index is 1.64. The van der Waals surface area contributed by atoms with Gasteiger partial charge in [-0.15, -0.1) is 11.3 Å². The number of amides is 2. The van der Waals surface area contributed by atoms with E-state index in [-0.39, 0.29) is 6.03 Å². The van der Waals surface area contributed by atoms with Crippen molar-refractivity contribution in [2.75, 3.05) is 32.8 Å². The van der Waals surface area contributed by atoms with Crippen LogP contribution in [0.2, 0.25) is 4.34 Å². The molecule has 2 amide bonds. The molecule has 0 unspecified atom stereocenters. The summed E-state index contributed by atoms with van der Waals surface area (Å²) in [5.74, 6) is 0. The normalized spacial score (nSPS) is 17.7. The number of hydrogen-bond acceptors (Lipinski definition) is 4. The molecule has 0 spiro atoms. The molecule has 1 aromatic rings.